The van der Waals surface area contributed by atoms with Crippen molar-refractivity contribution in [3.8, 4) is 0 Å². The second-order valence-electron chi connectivity index (χ2n) is 1.88. The lowest BCUT2D eigenvalue weighted by Crippen LogP contribution is -1.78. The molecule has 62 valence electrons. The standard InChI is InChI=1S/C6H2BrClFN3/c7-3-1-2-4(8)6(5(3)9)11-12-10/h1-2H. The summed E-state index contributed by atoms with van der Waals surface area (Å²) in [5, 5.41) is 3.20. The molecular weight excluding hydrogens is 248 g/mol. The van der Waals surface area contributed by atoms with Gasteiger partial charge < -0.3 is 0 Å². The van der Waals surface area contributed by atoms with Gasteiger partial charge in [-0.05, 0) is 33.6 Å². The van der Waals surface area contributed by atoms with Crippen LogP contribution in [0, 0.1) is 5.82 Å². The second-order valence-corrected chi connectivity index (χ2v) is 3.14. The van der Waals surface area contributed by atoms with Crippen LogP contribution in [0.15, 0.2) is 21.7 Å². The molecule has 0 saturated heterocycles. The van der Waals surface area contributed by atoms with Gasteiger partial charge >= 0.3 is 0 Å². The summed E-state index contributed by atoms with van der Waals surface area (Å²) in [7, 11) is 0. The Hall–Kier alpha value is -0.770. The minimum Gasteiger partial charge on any atom is -0.205 e. The summed E-state index contributed by atoms with van der Waals surface area (Å²) >= 11 is 8.49. The van der Waals surface area contributed by atoms with Crippen LogP contribution in [0.5, 0.6) is 0 Å². The van der Waals surface area contributed by atoms with Crippen LogP contribution in [0.1, 0.15) is 0 Å². The first-order chi connectivity index (χ1) is 5.66. The zero-order valence-corrected chi connectivity index (χ0v) is 7.97. The smallest absolute Gasteiger partial charge is 0.148 e. The summed E-state index contributed by atoms with van der Waals surface area (Å²) in [6.45, 7) is 0. The molecule has 0 radical (unpaired) electrons. The lowest BCUT2D eigenvalue weighted by atomic mass is 10.3. The number of hydrogen-bond donors (Lipinski definition) is 0. The number of hydrogen-bond acceptors (Lipinski definition) is 1. The predicted molar refractivity (Wildman–Crippen MR) is 47.9 cm³/mol. The topological polar surface area (TPSA) is 48.8 Å². The molecule has 0 aromatic heterocycles. The quantitative estimate of drug-likeness (QED) is 0.311. The zero-order chi connectivity index (χ0) is 9.14. The van der Waals surface area contributed by atoms with Crippen LogP contribution < -0.4 is 0 Å². The van der Waals surface area contributed by atoms with Crippen molar-refractivity contribution in [2.45, 2.75) is 0 Å². The summed E-state index contributed by atoms with van der Waals surface area (Å²) in [5.41, 5.74) is 7.89. The molecule has 0 atom stereocenters. The molecule has 3 nitrogen and oxygen atoms in total. The molecule has 0 bridgehead atoms. The SMILES string of the molecule is [N-]=[N+]=Nc1c(Cl)ccc(Br)c1F. The third-order valence-electron chi connectivity index (χ3n) is 1.16. The van der Waals surface area contributed by atoms with E-state index in [0.717, 1.165) is 0 Å². The van der Waals surface area contributed by atoms with E-state index in [1.54, 1.807) is 0 Å². The zero-order valence-electron chi connectivity index (χ0n) is 5.63. The highest BCUT2D eigenvalue weighted by Gasteiger charge is 2.08. The summed E-state index contributed by atoms with van der Waals surface area (Å²) in [6.07, 6.45) is 0. The third-order valence-corrected chi connectivity index (χ3v) is 2.08. The Labute approximate surface area is 80.9 Å². The Balaban J connectivity index is 3.42. The van der Waals surface area contributed by atoms with Crippen LogP contribution in [0.2, 0.25) is 5.02 Å². The maximum absolute atomic E-state index is 13.1. The van der Waals surface area contributed by atoms with Crippen molar-refractivity contribution in [3.63, 3.8) is 0 Å². The third kappa shape index (κ3) is 1.69. The minimum absolute atomic E-state index is 0.0912. The lowest BCUT2D eigenvalue weighted by Gasteiger charge is -1.99. The van der Waals surface area contributed by atoms with Gasteiger partial charge in [0.25, 0.3) is 0 Å². The van der Waals surface area contributed by atoms with E-state index in [0.29, 0.717) is 0 Å². The van der Waals surface area contributed by atoms with Gasteiger partial charge in [0.15, 0.2) is 0 Å². The molecule has 0 fully saturated rings. The van der Waals surface area contributed by atoms with Gasteiger partial charge in [-0.25, -0.2) is 4.39 Å². The van der Waals surface area contributed by atoms with E-state index >= 15 is 0 Å². The van der Waals surface area contributed by atoms with Gasteiger partial charge in [0.05, 0.1) is 15.2 Å². The van der Waals surface area contributed by atoms with Crippen LogP contribution in [0.3, 0.4) is 0 Å². The van der Waals surface area contributed by atoms with Gasteiger partial charge in [0.2, 0.25) is 0 Å². The van der Waals surface area contributed by atoms with Crippen molar-refractivity contribution in [1.29, 1.82) is 0 Å². The summed E-state index contributed by atoms with van der Waals surface area (Å²) in [6, 6.07) is 2.88. The van der Waals surface area contributed by atoms with Crippen LogP contribution in [0.25, 0.3) is 10.4 Å². The second kappa shape index (κ2) is 3.76. The van der Waals surface area contributed by atoms with Gasteiger partial charge in [-0.1, -0.05) is 16.7 Å². The summed E-state index contributed by atoms with van der Waals surface area (Å²) in [5.74, 6) is -0.652. The normalized spacial score (nSPS) is 9.25. The molecule has 0 aliphatic heterocycles. The fourth-order valence-electron chi connectivity index (χ4n) is 0.653. The molecule has 0 unspecified atom stereocenters. The Kier molecular flexibility index (Phi) is 2.92. The predicted octanol–water partition coefficient (Wildman–Crippen LogP) is 4.18. The largest absolute Gasteiger partial charge is 0.205 e. The number of azide groups is 1. The van der Waals surface area contributed by atoms with Crippen molar-refractivity contribution in [2.24, 2.45) is 5.11 Å². The van der Waals surface area contributed by atoms with Gasteiger partial charge in [0, 0.05) is 4.91 Å². The van der Waals surface area contributed by atoms with E-state index in [9.17, 15) is 4.39 Å². The highest BCUT2D eigenvalue weighted by Crippen LogP contribution is 2.32. The molecule has 0 aliphatic rings. The fourth-order valence-corrected chi connectivity index (χ4v) is 1.16. The molecule has 0 heterocycles. The molecule has 6 heteroatoms. The van der Waals surface area contributed by atoms with Crippen molar-refractivity contribution >= 4 is 33.2 Å². The molecule has 1 rings (SSSR count). The van der Waals surface area contributed by atoms with E-state index in [-0.39, 0.29) is 15.2 Å². The molecule has 0 aliphatic carbocycles. The molecular formula is C6H2BrClFN3. The molecule has 12 heavy (non-hydrogen) atoms. The molecule has 0 saturated carbocycles. The van der Waals surface area contributed by atoms with E-state index < -0.39 is 5.82 Å². The van der Waals surface area contributed by atoms with Crippen LogP contribution in [-0.4, -0.2) is 0 Å². The average Bonchev–Trinajstić information content (AvgIpc) is 2.06. The Morgan fingerprint density at radius 3 is 2.83 bits per heavy atom. The van der Waals surface area contributed by atoms with E-state index in [1.807, 2.05) is 0 Å². The molecule has 0 amide bonds. The minimum atomic E-state index is -0.652. The molecule has 0 spiro atoms. The highest BCUT2D eigenvalue weighted by atomic mass is 79.9. The van der Waals surface area contributed by atoms with Crippen molar-refractivity contribution in [2.75, 3.05) is 0 Å². The number of nitrogens with zero attached hydrogens (tertiary/aromatic N) is 3. The van der Waals surface area contributed by atoms with Crippen molar-refractivity contribution < 1.29 is 4.39 Å². The van der Waals surface area contributed by atoms with Gasteiger partial charge in [0.1, 0.15) is 5.82 Å². The van der Waals surface area contributed by atoms with Gasteiger partial charge in [-0.2, -0.15) is 0 Å². The average molecular weight is 250 g/mol. The van der Waals surface area contributed by atoms with Crippen LogP contribution in [-0.2, 0) is 0 Å². The Bertz CT molecular complexity index is 362. The van der Waals surface area contributed by atoms with E-state index in [1.165, 1.54) is 12.1 Å². The number of rotatable bonds is 1. The summed E-state index contributed by atoms with van der Waals surface area (Å²) < 4.78 is 13.3. The van der Waals surface area contributed by atoms with E-state index in [2.05, 4.69) is 26.0 Å². The maximum Gasteiger partial charge on any atom is 0.148 e. The van der Waals surface area contributed by atoms with Gasteiger partial charge in [-0.3, -0.25) is 0 Å². The molecule has 1 aromatic carbocycles. The molecule has 0 N–H and O–H groups in total. The number of halogens is 3. The number of benzene rings is 1. The maximum atomic E-state index is 13.1. The van der Waals surface area contributed by atoms with Gasteiger partial charge in [-0.15, -0.1) is 0 Å². The summed E-state index contributed by atoms with van der Waals surface area (Å²) in [4.78, 5) is 2.45. The first kappa shape index (κ1) is 9.32. The monoisotopic (exact) mass is 249 g/mol. The Morgan fingerprint density at radius 2 is 2.25 bits per heavy atom. The van der Waals surface area contributed by atoms with Crippen molar-refractivity contribution in [3.05, 3.63) is 37.9 Å². The van der Waals surface area contributed by atoms with Crippen molar-refractivity contribution in [1.82, 2.24) is 0 Å². The van der Waals surface area contributed by atoms with Crippen LogP contribution >= 0.6 is 27.5 Å². The van der Waals surface area contributed by atoms with Crippen LogP contribution in [0.4, 0.5) is 10.1 Å². The molecule has 1 aromatic rings. The highest BCUT2D eigenvalue weighted by molar-refractivity contribution is 9.10. The first-order valence-electron chi connectivity index (χ1n) is 2.85. The lowest BCUT2D eigenvalue weighted by molar-refractivity contribution is 0.623. The first-order valence-corrected chi connectivity index (χ1v) is 4.02. The Morgan fingerprint density at radius 1 is 1.58 bits per heavy atom. The fraction of sp³-hybridized carbons (Fsp3) is 0. The van der Waals surface area contributed by atoms with E-state index in [4.69, 9.17) is 17.1 Å².